The van der Waals surface area contributed by atoms with Crippen LogP contribution in [0.15, 0.2) is 54.6 Å². The minimum Gasteiger partial charge on any atom is -0.464 e. The minimum atomic E-state index is -0.472. The van der Waals surface area contributed by atoms with E-state index < -0.39 is 5.97 Å². The summed E-state index contributed by atoms with van der Waals surface area (Å²) in [6.45, 7) is 10.5. The van der Waals surface area contributed by atoms with Crippen LogP contribution in [0, 0.1) is 19.8 Å². The number of ketones is 1. The molecule has 35 heavy (non-hydrogen) atoms. The molecule has 0 atom stereocenters. The van der Waals surface area contributed by atoms with Gasteiger partial charge in [0.15, 0.2) is 5.78 Å². The highest BCUT2D eigenvalue weighted by molar-refractivity contribution is 6.06. The molecule has 0 aliphatic heterocycles. The molecule has 3 rings (SSSR count). The van der Waals surface area contributed by atoms with E-state index in [2.05, 4.69) is 0 Å². The number of Topliss-reactive ketones (excluding diaryl/α,β-unsaturated/α-hetero) is 1. The van der Waals surface area contributed by atoms with Crippen molar-refractivity contribution in [2.24, 2.45) is 5.92 Å². The SMILES string of the molecule is CCn1c(C)c(C(=O)CN(CC(C)C)C(=O)c2ccc(-c3ccccc3)cc2)c(C)c1C(=O)OC. The van der Waals surface area contributed by atoms with Gasteiger partial charge in [0, 0.05) is 29.9 Å². The van der Waals surface area contributed by atoms with Gasteiger partial charge in [0.25, 0.3) is 5.91 Å². The summed E-state index contributed by atoms with van der Waals surface area (Å²) in [5.74, 6) is -0.666. The molecule has 0 aliphatic carbocycles. The van der Waals surface area contributed by atoms with Crippen molar-refractivity contribution in [1.82, 2.24) is 9.47 Å². The predicted octanol–water partition coefficient (Wildman–Crippen LogP) is 5.56. The third-order valence-corrected chi connectivity index (χ3v) is 6.19. The van der Waals surface area contributed by atoms with E-state index in [0.29, 0.717) is 41.2 Å². The number of carbonyl (C=O) groups excluding carboxylic acids is 3. The molecule has 2 aromatic carbocycles. The largest absolute Gasteiger partial charge is 0.464 e. The Hall–Kier alpha value is -3.67. The molecule has 0 N–H and O–H groups in total. The highest BCUT2D eigenvalue weighted by Gasteiger charge is 2.28. The second-order valence-corrected chi connectivity index (χ2v) is 9.12. The Morgan fingerprint density at radius 3 is 2.09 bits per heavy atom. The molecule has 1 aromatic heterocycles. The molecule has 0 bridgehead atoms. The van der Waals surface area contributed by atoms with Gasteiger partial charge in [0.05, 0.1) is 13.7 Å². The Balaban J connectivity index is 1.90. The summed E-state index contributed by atoms with van der Waals surface area (Å²) in [7, 11) is 1.33. The molecule has 184 valence electrons. The fraction of sp³-hybridized carbons (Fsp3) is 0.345. The van der Waals surface area contributed by atoms with E-state index in [1.165, 1.54) is 7.11 Å². The summed E-state index contributed by atoms with van der Waals surface area (Å²) in [4.78, 5) is 40.9. The van der Waals surface area contributed by atoms with E-state index in [1.807, 2.05) is 82.3 Å². The molecule has 6 heteroatoms. The zero-order valence-corrected chi connectivity index (χ0v) is 21.4. The Morgan fingerprint density at radius 1 is 0.943 bits per heavy atom. The fourth-order valence-corrected chi connectivity index (χ4v) is 4.59. The van der Waals surface area contributed by atoms with Gasteiger partial charge in [-0.05, 0) is 55.5 Å². The van der Waals surface area contributed by atoms with Crippen LogP contribution in [0.2, 0.25) is 0 Å². The summed E-state index contributed by atoms with van der Waals surface area (Å²) in [6, 6.07) is 17.4. The number of carbonyl (C=O) groups is 3. The molecule has 6 nitrogen and oxygen atoms in total. The van der Waals surface area contributed by atoms with Crippen LogP contribution in [0.5, 0.6) is 0 Å². The number of benzene rings is 2. The molecule has 0 fully saturated rings. The molecule has 1 amide bonds. The van der Waals surface area contributed by atoms with Gasteiger partial charge in [0.2, 0.25) is 0 Å². The maximum Gasteiger partial charge on any atom is 0.354 e. The Morgan fingerprint density at radius 2 is 1.54 bits per heavy atom. The monoisotopic (exact) mass is 474 g/mol. The number of hydrogen-bond acceptors (Lipinski definition) is 4. The van der Waals surface area contributed by atoms with E-state index in [-0.39, 0.29) is 24.2 Å². The first-order valence-electron chi connectivity index (χ1n) is 11.9. The van der Waals surface area contributed by atoms with E-state index in [1.54, 1.807) is 16.4 Å². The molecule has 1 heterocycles. The number of ether oxygens (including phenoxy) is 1. The molecule has 0 radical (unpaired) electrons. The standard InChI is InChI=1S/C29H34N2O4/c1-7-31-21(5)26(20(4)27(31)29(34)35-6)25(32)18-30(17-19(2)3)28(33)24-15-13-23(14-16-24)22-11-9-8-10-12-22/h8-16,19H,7,17-18H2,1-6H3. The third kappa shape index (κ3) is 5.53. The van der Waals surface area contributed by atoms with Gasteiger partial charge in [0.1, 0.15) is 5.69 Å². The van der Waals surface area contributed by atoms with Gasteiger partial charge in [-0.2, -0.15) is 0 Å². The number of aromatic nitrogens is 1. The van der Waals surface area contributed by atoms with Crippen molar-refractivity contribution in [2.75, 3.05) is 20.2 Å². The lowest BCUT2D eigenvalue weighted by molar-refractivity contribution is 0.0587. The number of nitrogens with zero attached hydrogens (tertiary/aromatic N) is 2. The number of rotatable bonds is 9. The summed E-state index contributed by atoms with van der Waals surface area (Å²) < 4.78 is 6.74. The van der Waals surface area contributed by atoms with E-state index in [4.69, 9.17) is 4.74 Å². The Kier molecular flexibility index (Phi) is 8.28. The first-order valence-corrected chi connectivity index (χ1v) is 11.9. The average molecular weight is 475 g/mol. The van der Waals surface area contributed by atoms with Crippen molar-refractivity contribution in [3.8, 4) is 11.1 Å². The fourth-order valence-electron chi connectivity index (χ4n) is 4.59. The Bertz CT molecular complexity index is 1210. The molecule has 0 saturated heterocycles. The van der Waals surface area contributed by atoms with Crippen molar-refractivity contribution in [3.63, 3.8) is 0 Å². The van der Waals surface area contributed by atoms with Crippen molar-refractivity contribution >= 4 is 17.7 Å². The van der Waals surface area contributed by atoms with Crippen LogP contribution in [0.1, 0.15) is 63.2 Å². The van der Waals surface area contributed by atoms with Crippen molar-refractivity contribution in [1.29, 1.82) is 0 Å². The van der Waals surface area contributed by atoms with Gasteiger partial charge in [-0.15, -0.1) is 0 Å². The predicted molar refractivity (Wildman–Crippen MR) is 138 cm³/mol. The second kappa shape index (κ2) is 11.2. The average Bonchev–Trinajstić information content (AvgIpc) is 3.12. The maximum atomic E-state index is 13.5. The lowest BCUT2D eigenvalue weighted by Gasteiger charge is -2.24. The van der Waals surface area contributed by atoms with Gasteiger partial charge in [-0.1, -0.05) is 56.3 Å². The van der Waals surface area contributed by atoms with Crippen LogP contribution in [0.25, 0.3) is 11.1 Å². The lowest BCUT2D eigenvalue weighted by atomic mass is 10.0. The van der Waals surface area contributed by atoms with E-state index in [0.717, 1.165) is 11.1 Å². The van der Waals surface area contributed by atoms with Gasteiger partial charge in [-0.3, -0.25) is 9.59 Å². The molecular weight excluding hydrogens is 440 g/mol. The van der Waals surface area contributed by atoms with Crippen LogP contribution in [-0.2, 0) is 11.3 Å². The zero-order valence-electron chi connectivity index (χ0n) is 21.4. The van der Waals surface area contributed by atoms with Gasteiger partial charge < -0.3 is 14.2 Å². The number of methoxy groups -OCH3 is 1. The van der Waals surface area contributed by atoms with Crippen molar-refractivity contribution in [3.05, 3.63) is 82.7 Å². The number of esters is 1. The smallest absolute Gasteiger partial charge is 0.354 e. The van der Waals surface area contributed by atoms with Gasteiger partial charge in [-0.25, -0.2) is 4.79 Å². The van der Waals surface area contributed by atoms with E-state index in [9.17, 15) is 14.4 Å². The maximum absolute atomic E-state index is 13.5. The van der Waals surface area contributed by atoms with E-state index >= 15 is 0 Å². The minimum absolute atomic E-state index is 0.0620. The molecule has 0 spiro atoms. The molecule has 0 unspecified atom stereocenters. The van der Waals surface area contributed by atoms with Crippen LogP contribution in [-0.4, -0.2) is 47.3 Å². The Labute approximate surface area is 207 Å². The van der Waals surface area contributed by atoms with Crippen LogP contribution >= 0.6 is 0 Å². The topological polar surface area (TPSA) is 68.6 Å². The van der Waals surface area contributed by atoms with Crippen LogP contribution in [0.4, 0.5) is 0 Å². The zero-order chi connectivity index (χ0) is 25.7. The first-order chi connectivity index (χ1) is 16.7. The summed E-state index contributed by atoms with van der Waals surface area (Å²) in [5, 5.41) is 0. The number of amides is 1. The normalized spacial score (nSPS) is 10.9. The highest BCUT2D eigenvalue weighted by atomic mass is 16.5. The summed E-state index contributed by atoms with van der Waals surface area (Å²) in [6.07, 6.45) is 0. The van der Waals surface area contributed by atoms with Gasteiger partial charge >= 0.3 is 5.97 Å². The molecule has 0 saturated carbocycles. The molecular formula is C29H34N2O4. The van der Waals surface area contributed by atoms with Crippen molar-refractivity contribution in [2.45, 2.75) is 41.2 Å². The summed E-state index contributed by atoms with van der Waals surface area (Å²) >= 11 is 0. The first kappa shape index (κ1) is 25.9. The second-order valence-electron chi connectivity index (χ2n) is 9.12. The third-order valence-electron chi connectivity index (χ3n) is 6.19. The number of hydrogen-bond donors (Lipinski definition) is 0. The van der Waals surface area contributed by atoms with Crippen LogP contribution in [0.3, 0.4) is 0 Å². The summed E-state index contributed by atoms with van der Waals surface area (Å²) in [5.41, 5.74) is 4.80. The quantitative estimate of drug-likeness (QED) is 0.301. The molecule has 0 aliphatic rings. The molecule has 3 aromatic rings. The van der Waals surface area contributed by atoms with Crippen LogP contribution < -0.4 is 0 Å². The lowest BCUT2D eigenvalue weighted by Crippen LogP contribution is -2.38. The highest BCUT2D eigenvalue weighted by Crippen LogP contribution is 2.25. The van der Waals surface area contributed by atoms with Crippen molar-refractivity contribution < 1.29 is 19.1 Å².